The fraction of sp³-hybridized carbons (Fsp3) is 0.125. The summed E-state index contributed by atoms with van der Waals surface area (Å²) in [4.78, 5) is 4.81. The Kier molecular flexibility index (Phi) is 5.20. The second kappa shape index (κ2) is 8.10. The summed E-state index contributed by atoms with van der Waals surface area (Å²) in [6.07, 6.45) is 0. The van der Waals surface area contributed by atoms with Gasteiger partial charge in [0.05, 0.1) is 21.3 Å². The minimum absolute atomic E-state index is 0.534. The van der Waals surface area contributed by atoms with Crippen molar-refractivity contribution in [3.63, 3.8) is 0 Å². The monoisotopic (exact) mass is 387 g/mol. The van der Waals surface area contributed by atoms with Gasteiger partial charge in [0.1, 0.15) is 5.69 Å². The summed E-state index contributed by atoms with van der Waals surface area (Å²) in [6.45, 7) is 0. The van der Waals surface area contributed by atoms with Gasteiger partial charge in [0.25, 0.3) is 0 Å². The van der Waals surface area contributed by atoms with Crippen LogP contribution in [0, 0.1) is 0 Å². The Morgan fingerprint density at radius 3 is 1.72 bits per heavy atom. The molecule has 0 saturated carbocycles. The molecule has 0 atom stereocenters. The van der Waals surface area contributed by atoms with Crippen molar-refractivity contribution >= 4 is 0 Å². The van der Waals surface area contributed by atoms with E-state index in [1.807, 2.05) is 72.8 Å². The Hall–Kier alpha value is -3.73. The van der Waals surface area contributed by atoms with Crippen LogP contribution < -0.4 is 14.2 Å². The lowest BCUT2D eigenvalue weighted by atomic mass is 10.0. The quantitative estimate of drug-likeness (QED) is 0.425. The van der Waals surface area contributed by atoms with E-state index >= 15 is 0 Å². The first-order valence-corrected chi connectivity index (χ1v) is 9.17. The van der Waals surface area contributed by atoms with E-state index in [1.54, 1.807) is 21.3 Å². The molecule has 0 amide bonds. The lowest BCUT2D eigenvalue weighted by Gasteiger charge is -2.13. The van der Waals surface area contributed by atoms with Crippen LogP contribution >= 0.6 is 0 Å². The Bertz CT molecular complexity index is 1080. The maximum atomic E-state index is 6.22. The summed E-state index contributed by atoms with van der Waals surface area (Å²) in [7, 11) is 4.77. The number of rotatable bonds is 6. The van der Waals surface area contributed by atoms with Crippen LogP contribution in [-0.4, -0.2) is 26.3 Å². The summed E-state index contributed by atoms with van der Waals surface area (Å²) in [6, 6.07) is 23.5. The van der Waals surface area contributed by atoms with Crippen molar-refractivity contribution in [3.05, 3.63) is 72.8 Å². The molecule has 0 fully saturated rings. The number of hydrogen-bond acceptors (Lipinski definition) is 5. The SMILES string of the molecule is COc1cc(-c2nc(-c3ccccc3)oc2-c2ccccc2)cc(OC)c1OC. The first-order valence-electron chi connectivity index (χ1n) is 9.17. The molecular weight excluding hydrogens is 366 g/mol. The van der Waals surface area contributed by atoms with Crippen molar-refractivity contribution in [1.29, 1.82) is 0 Å². The van der Waals surface area contributed by atoms with Crippen LogP contribution in [0.1, 0.15) is 0 Å². The molecular formula is C24H21NO4. The van der Waals surface area contributed by atoms with Gasteiger partial charge in [0, 0.05) is 16.7 Å². The normalized spacial score (nSPS) is 10.6. The zero-order valence-corrected chi connectivity index (χ0v) is 16.5. The minimum Gasteiger partial charge on any atom is -0.493 e. The predicted octanol–water partition coefficient (Wildman–Crippen LogP) is 5.70. The van der Waals surface area contributed by atoms with Gasteiger partial charge < -0.3 is 18.6 Å². The van der Waals surface area contributed by atoms with Crippen LogP contribution in [0.4, 0.5) is 0 Å². The van der Waals surface area contributed by atoms with Crippen molar-refractivity contribution in [2.24, 2.45) is 0 Å². The number of methoxy groups -OCH3 is 3. The van der Waals surface area contributed by atoms with Gasteiger partial charge in [0.2, 0.25) is 11.6 Å². The maximum absolute atomic E-state index is 6.22. The van der Waals surface area contributed by atoms with Gasteiger partial charge in [-0.05, 0) is 24.3 Å². The Morgan fingerprint density at radius 1 is 0.655 bits per heavy atom. The maximum Gasteiger partial charge on any atom is 0.227 e. The Morgan fingerprint density at radius 2 is 1.21 bits per heavy atom. The number of nitrogens with zero attached hydrogens (tertiary/aromatic N) is 1. The van der Waals surface area contributed by atoms with E-state index in [0.717, 1.165) is 16.7 Å². The van der Waals surface area contributed by atoms with Crippen LogP contribution in [0.25, 0.3) is 34.0 Å². The Labute approximate surface area is 169 Å². The zero-order chi connectivity index (χ0) is 20.2. The molecule has 0 N–H and O–H groups in total. The molecule has 5 heteroatoms. The van der Waals surface area contributed by atoms with Crippen molar-refractivity contribution in [1.82, 2.24) is 4.98 Å². The molecule has 1 aromatic heterocycles. The molecule has 0 aliphatic rings. The van der Waals surface area contributed by atoms with Gasteiger partial charge in [0.15, 0.2) is 17.3 Å². The highest BCUT2D eigenvalue weighted by molar-refractivity contribution is 5.81. The first-order chi connectivity index (χ1) is 14.2. The van der Waals surface area contributed by atoms with Crippen molar-refractivity contribution in [2.45, 2.75) is 0 Å². The van der Waals surface area contributed by atoms with E-state index in [0.29, 0.717) is 34.6 Å². The molecule has 4 rings (SSSR count). The molecule has 146 valence electrons. The fourth-order valence-corrected chi connectivity index (χ4v) is 3.22. The van der Waals surface area contributed by atoms with E-state index < -0.39 is 0 Å². The first kappa shape index (κ1) is 18.6. The lowest BCUT2D eigenvalue weighted by molar-refractivity contribution is 0.324. The molecule has 0 aliphatic heterocycles. The second-order valence-corrected chi connectivity index (χ2v) is 6.34. The van der Waals surface area contributed by atoms with Gasteiger partial charge in [-0.2, -0.15) is 0 Å². The summed E-state index contributed by atoms with van der Waals surface area (Å²) in [5.74, 6) is 2.88. The molecule has 1 heterocycles. The van der Waals surface area contributed by atoms with Crippen molar-refractivity contribution < 1.29 is 18.6 Å². The summed E-state index contributed by atoms with van der Waals surface area (Å²) >= 11 is 0. The molecule has 0 spiro atoms. The standard InChI is InChI=1S/C24H21NO4/c1-26-19-14-18(15-20(27-2)23(19)28-3)21-22(16-10-6-4-7-11-16)29-24(25-21)17-12-8-5-9-13-17/h4-15H,1-3H3. The second-order valence-electron chi connectivity index (χ2n) is 6.34. The highest BCUT2D eigenvalue weighted by atomic mass is 16.5. The molecule has 3 aromatic carbocycles. The van der Waals surface area contributed by atoms with Gasteiger partial charge in [-0.25, -0.2) is 4.98 Å². The van der Waals surface area contributed by atoms with E-state index in [2.05, 4.69) is 0 Å². The van der Waals surface area contributed by atoms with Crippen LogP contribution in [0.2, 0.25) is 0 Å². The third-order valence-electron chi connectivity index (χ3n) is 4.62. The third kappa shape index (κ3) is 3.55. The topological polar surface area (TPSA) is 53.7 Å². The molecule has 5 nitrogen and oxygen atoms in total. The number of hydrogen-bond donors (Lipinski definition) is 0. The summed E-state index contributed by atoms with van der Waals surface area (Å²) in [5, 5.41) is 0. The van der Waals surface area contributed by atoms with Gasteiger partial charge in [-0.15, -0.1) is 0 Å². The zero-order valence-electron chi connectivity index (χ0n) is 16.5. The highest BCUT2D eigenvalue weighted by Gasteiger charge is 2.21. The summed E-state index contributed by atoms with van der Waals surface area (Å²) in [5.41, 5.74) is 3.35. The van der Waals surface area contributed by atoms with Gasteiger partial charge >= 0.3 is 0 Å². The lowest BCUT2D eigenvalue weighted by Crippen LogP contribution is -1.96. The van der Waals surface area contributed by atoms with E-state index in [1.165, 1.54) is 0 Å². The van der Waals surface area contributed by atoms with E-state index in [-0.39, 0.29) is 0 Å². The van der Waals surface area contributed by atoms with Gasteiger partial charge in [-0.3, -0.25) is 0 Å². The molecule has 4 aromatic rings. The highest BCUT2D eigenvalue weighted by Crippen LogP contribution is 2.44. The number of ether oxygens (including phenoxy) is 3. The summed E-state index contributed by atoms with van der Waals surface area (Å²) < 4.78 is 22.7. The third-order valence-corrected chi connectivity index (χ3v) is 4.62. The average molecular weight is 387 g/mol. The van der Waals surface area contributed by atoms with Crippen LogP contribution in [0.5, 0.6) is 17.2 Å². The predicted molar refractivity (Wildman–Crippen MR) is 112 cm³/mol. The van der Waals surface area contributed by atoms with Crippen molar-refractivity contribution in [3.8, 4) is 51.3 Å². The Balaban J connectivity index is 1.94. The van der Waals surface area contributed by atoms with Crippen molar-refractivity contribution in [2.75, 3.05) is 21.3 Å². The number of aromatic nitrogens is 1. The largest absolute Gasteiger partial charge is 0.493 e. The fourth-order valence-electron chi connectivity index (χ4n) is 3.22. The van der Waals surface area contributed by atoms with Crippen LogP contribution in [0.15, 0.2) is 77.2 Å². The van der Waals surface area contributed by atoms with E-state index in [4.69, 9.17) is 23.6 Å². The number of oxazole rings is 1. The van der Waals surface area contributed by atoms with E-state index in [9.17, 15) is 0 Å². The molecule has 0 bridgehead atoms. The minimum atomic E-state index is 0.534. The van der Waals surface area contributed by atoms with Gasteiger partial charge in [-0.1, -0.05) is 48.5 Å². The smallest absolute Gasteiger partial charge is 0.227 e. The molecule has 0 saturated heterocycles. The molecule has 0 radical (unpaired) electrons. The molecule has 0 unspecified atom stereocenters. The molecule has 29 heavy (non-hydrogen) atoms. The number of benzene rings is 3. The van der Waals surface area contributed by atoms with Crippen LogP contribution in [0.3, 0.4) is 0 Å². The molecule has 0 aliphatic carbocycles. The van der Waals surface area contributed by atoms with Crippen LogP contribution in [-0.2, 0) is 0 Å². The average Bonchev–Trinajstić information content (AvgIpc) is 3.24.